The van der Waals surface area contributed by atoms with Crippen molar-refractivity contribution in [3.8, 4) is 0 Å². The number of esters is 1. The minimum absolute atomic E-state index is 0.0824. The molecule has 7 rings (SSSR count). The van der Waals surface area contributed by atoms with Crippen LogP contribution in [-0.2, 0) is 19.1 Å². The van der Waals surface area contributed by atoms with Gasteiger partial charge in [-0.05, 0) is 47.9 Å². The Morgan fingerprint density at radius 2 is 1.23 bits per heavy atom. The molecule has 2 aromatic carbocycles. The van der Waals surface area contributed by atoms with Crippen LogP contribution in [0.15, 0.2) is 48.5 Å². The molecule has 0 spiro atoms. The van der Waals surface area contributed by atoms with Crippen molar-refractivity contribution in [1.82, 2.24) is 4.90 Å². The molecule has 2 atom stereocenters. The average molecular weight is 415 g/mol. The summed E-state index contributed by atoms with van der Waals surface area (Å²) in [5.41, 5.74) is 4.56. The second kappa shape index (κ2) is 7.04. The summed E-state index contributed by atoms with van der Waals surface area (Å²) in [5, 5.41) is 0. The van der Waals surface area contributed by atoms with Crippen molar-refractivity contribution in [3.05, 3.63) is 70.8 Å². The van der Waals surface area contributed by atoms with Crippen LogP contribution in [0.3, 0.4) is 0 Å². The molecule has 31 heavy (non-hydrogen) atoms. The van der Waals surface area contributed by atoms with E-state index in [-0.39, 0.29) is 36.3 Å². The van der Waals surface area contributed by atoms with Gasteiger partial charge in [0.1, 0.15) is 12.6 Å². The predicted octanol–water partition coefficient (Wildman–Crippen LogP) is 3.75. The van der Waals surface area contributed by atoms with Crippen LogP contribution >= 0.6 is 0 Å². The molecule has 2 bridgehead atoms. The van der Waals surface area contributed by atoms with Crippen molar-refractivity contribution < 1.29 is 19.1 Å². The second-order valence-corrected chi connectivity index (χ2v) is 9.28. The van der Waals surface area contributed by atoms with Gasteiger partial charge in [-0.1, -0.05) is 55.0 Å². The lowest BCUT2D eigenvalue weighted by Crippen LogP contribution is -2.41. The van der Waals surface area contributed by atoms with E-state index >= 15 is 0 Å². The average Bonchev–Trinajstić information content (AvgIpc) is 3.05. The van der Waals surface area contributed by atoms with E-state index in [0.29, 0.717) is 0 Å². The third kappa shape index (κ3) is 2.72. The second-order valence-electron chi connectivity index (χ2n) is 9.28. The maximum atomic E-state index is 13.5. The molecule has 0 N–H and O–H groups in total. The van der Waals surface area contributed by atoms with Gasteiger partial charge in [-0.3, -0.25) is 19.3 Å². The van der Waals surface area contributed by atoms with Crippen molar-refractivity contribution >= 4 is 17.8 Å². The van der Waals surface area contributed by atoms with E-state index in [1.807, 2.05) is 24.3 Å². The summed E-state index contributed by atoms with van der Waals surface area (Å²) in [7, 11) is 0. The number of imide groups is 1. The molecular weight excluding hydrogens is 390 g/mol. The van der Waals surface area contributed by atoms with Crippen molar-refractivity contribution in [2.75, 3.05) is 6.54 Å². The Morgan fingerprint density at radius 3 is 1.68 bits per heavy atom. The van der Waals surface area contributed by atoms with Crippen LogP contribution in [0.1, 0.15) is 66.2 Å². The maximum Gasteiger partial charge on any atom is 0.326 e. The topological polar surface area (TPSA) is 63.7 Å². The van der Waals surface area contributed by atoms with Crippen LogP contribution in [0.25, 0.3) is 0 Å². The van der Waals surface area contributed by atoms with Gasteiger partial charge < -0.3 is 4.74 Å². The Balaban J connectivity index is 1.33. The largest absolute Gasteiger partial charge is 0.461 e. The van der Waals surface area contributed by atoms with Gasteiger partial charge in [0, 0.05) is 11.8 Å². The van der Waals surface area contributed by atoms with Crippen LogP contribution in [0, 0.1) is 11.8 Å². The van der Waals surface area contributed by atoms with E-state index in [1.54, 1.807) is 0 Å². The van der Waals surface area contributed by atoms with Crippen molar-refractivity contribution in [1.29, 1.82) is 0 Å². The van der Waals surface area contributed by atoms with E-state index in [4.69, 9.17) is 4.74 Å². The first-order chi connectivity index (χ1) is 15.1. The predicted molar refractivity (Wildman–Crippen MR) is 113 cm³/mol. The number of amides is 2. The zero-order chi connectivity index (χ0) is 21.1. The first kappa shape index (κ1) is 18.8. The summed E-state index contributed by atoms with van der Waals surface area (Å²) in [5.74, 6) is -2.08. The SMILES string of the molecule is O=C(CN1C(=O)[C@@H]2C3c4ccccc4C(c4ccccc43)[C@@H]2C1=O)OC1CCCCC1. The molecule has 2 aromatic rings. The highest BCUT2D eigenvalue weighted by Crippen LogP contribution is 2.60. The van der Waals surface area contributed by atoms with Gasteiger partial charge in [0.25, 0.3) is 0 Å². The fraction of sp³-hybridized carbons (Fsp3) is 0.423. The lowest BCUT2D eigenvalue weighted by Gasteiger charge is -2.45. The molecule has 0 aromatic heterocycles. The molecule has 1 saturated carbocycles. The Bertz CT molecular complexity index is 971. The van der Waals surface area contributed by atoms with Crippen LogP contribution in [0.5, 0.6) is 0 Å². The molecule has 0 unspecified atom stereocenters. The molecule has 5 nitrogen and oxygen atoms in total. The Kier molecular flexibility index (Phi) is 4.27. The minimum atomic E-state index is -0.463. The van der Waals surface area contributed by atoms with E-state index in [1.165, 1.54) is 11.3 Å². The van der Waals surface area contributed by atoms with Crippen molar-refractivity contribution in [2.45, 2.75) is 50.0 Å². The highest BCUT2D eigenvalue weighted by molar-refractivity contribution is 6.09. The zero-order valence-electron chi connectivity index (χ0n) is 17.3. The van der Waals surface area contributed by atoms with E-state index < -0.39 is 17.8 Å². The number of benzene rings is 2. The summed E-state index contributed by atoms with van der Waals surface area (Å²) in [6.07, 6.45) is 4.94. The maximum absolute atomic E-state index is 13.5. The van der Waals surface area contributed by atoms with Crippen LogP contribution < -0.4 is 0 Å². The smallest absolute Gasteiger partial charge is 0.326 e. The Labute approximate surface area is 181 Å². The van der Waals surface area contributed by atoms with Gasteiger partial charge >= 0.3 is 5.97 Å². The molecule has 1 aliphatic heterocycles. The lowest BCUT2D eigenvalue weighted by molar-refractivity contribution is -0.157. The molecular formula is C26H25NO4. The molecule has 1 heterocycles. The summed E-state index contributed by atoms with van der Waals surface area (Å²) < 4.78 is 5.61. The highest BCUT2D eigenvalue weighted by atomic mass is 16.5. The number of hydrogen-bond donors (Lipinski definition) is 0. The number of carbonyl (C=O) groups is 3. The standard InChI is InChI=1S/C26H25NO4/c28-20(31-15-8-2-1-3-9-15)14-27-25(29)23-21-16-10-4-5-11-17(16)22(24(23)26(27)30)19-13-7-6-12-18(19)21/h4-7,10-13,15,21-24H,1-3,8-9,14H2/t21?,22?,23-,24+. The van der Waals surface area contributed by atoms with Crippen molar-refractivity contribution in [3.63, 3.8) is 0 Å². The molecule has 5 heteroatoms. The molecule has 0 radical (unpaired) electrons. The number of hydrogen-bond acceptors (Lipinski definition) is 4. The Morgan fingerprint density at radius 1 is 0.774 bits per heavy atom. The number of ether oxygens (including phenoxy) is 1. The molecule has 1 saturated heterocycles. The Hall–Kier alpha value is -2.95. The fourth-order valence-electron chi connectivity index (χ4n) is 6.43. The number of nitrogens with zero attached hydrogens (tertiary/aromatic N) is 1. The molecule has 5 aliphatic rings. The molecule has 2 fully saturated rings. The zero-order valence-corrected chi connectivity index (χ0v) is 17.3. The van der Waals surface area contributed by atoms with Gasteiger partial charge in [-0.15, -0.1) is 0 Å². The van der Waals surface area contributed by atoms with Crippen molar-refractivity contribution in [2.24, 2.45) is 11.8 Å². The van der Waals surface area contributed by atoms with E-state index in [2.05, 4.69) is 24.3 Å². The number of likely N-dealkylation sites (tertiary alicyclic amines) is 1. The molecule has 4 aliphatic carbocycles. The van der Waals surface area contributed by atoms with Crippen LogP contribution in [0.4, 0.5) is 0 Å². The van der Waals surface area contributed by atoms with Gasteiger partial charge in [-0.2, -0.15) is 0 Å². The lowest BCUT2D eigenvalue weighted by atomic mass is 9.55. The third-order valence-electron chi connectivity index (χ3n) is 7.68. The highest BCUT2D eigenvalue weighted by Gasteiger charge is 2.61. The summed E-state index contributed by atoms with van der Waals surface area (Å²) in [6.45, 7) is -0.271. The molecule has 2 amide bonds. The van der Waals surface area contributed by atoms with Gasteiger partial charge in [0.05, 0.1) is 11.8 Å². The van der Waals surface area contributed by atoms with Crippen LogP contribution in [0.2, 0.25) is 0 Å². The van der Waals surface area contributed by atoms with Gasteiger partial charge in [0.2, 0.25) is 11.8 Å². The fourth-order valence-corrected chi connectivity index (χ4v) is 6.43. The summed E-state index contributed by atoms with van der Waals surface area (Å²) >= 11 is 0. The minimum Gasteiger partial charge on any atom is -0.461 e. The third-order valence-corrected chi connectivity index (χ3v) is 7.68. The van der Waals surface area contributed by atoms with E-state index in [0.717, 1.165) is 47.9 Å². The first-order valence-electron chi connectivity index (χ1n) is 11.4. The van der Waals surface area contributed by atoms with Crippen LogP contribution in [-0.4, -0.2) is 35.3 Å². The monoisotopic (exact) mass is 415 g/mol. The number of rotatable bonds is 3. The number of carbonyl (C=O) groups excluding carboxylic acids is 3. The van der Waals surface area contributed by atoms with Gasteiger partial charge in [0.15, 0.2) is 0 Å². The summed E-state index contributed by atoms with van der Waals surface area (Å²) in [4.78, 5) is 40.8. The van der Waals surface area contributed by atoms with E-state index in [9.17, 15) is 14.4 Å². The molecule has 158 valence electrons. The van der Waals surface area contributed by atoms with Gasteiger partial charge in [-0.25, -0.2) is 0 Å². The summed E-state index contributed by atoms with van der Waals surface area (Å²) in [6, 6.07) is 16.3. The quantitative estimate of drug-likeness (QED) is 0.566. The normalized spacial score (nSPS) is 28.8. The first-order valence-corrected chi connectivity index (χ1v) is 11.4.